The molecule has 4 rings (SSSR count). The summed E-state index contributed by atoms with van der Waals surface area (Å²) in [5.41, 5.74) is 1.33. The fourth-order valence-corrected chi connectivity index (χ4v) is 5.78. The highest BCUT2D eigenvalue weighted by Crippen LogP contribution is 2.39. The number of fused-ring (bicyclic) bond motifs is 3. The van der Waals surface area contributed by atoms with E-state index in [1.807, 2.05) is 0 Å². The number of rotatable bonds is 5. The van der Waals surface area contributed by atoms with Gasteiger partial charge in [0.1, 0.15) is 17.0 Å². The first-order chi connectivity index (χ1) is 13.3. The fraction of sp³-hybridized carbons (Fsp3) is 0.684. The smallest absolute Gasteiger partial charge is 0.368 e. The predicted molar refractivity (Wildman–Crippen MR) is 105 cm³/mol. The molecule has 2 aliphatic rings. The van der Waals surface area contributed by atoms with Crippen LogP contribution in [0.15, 0.2) is 6.33 Å². The van der Waals surface area contributed by atoms with Crippen molar-refractivity contribution in [2.24, 2.45) is 0 Å². The maximum absolute atomic E-state index is 13.1. The lowest BCUT2D eigenvalue weighted by atomic mass is 9.96. The summed E-state index contributed by atoms with van der Waals surface area (Å²) in [6, 6.07) is 0.221. The van der Waals surface area contributed by atoms with Crippen LogP contribution in [0.25, 0.3) is 10.2 Å². The number of hydrogen-bond acceptors (Lipinski definition) is 5. The van der Waals surface area contributed by atoms with Crippen LogP contribution in [0.4, 0.5) is 19.0 Å². The molecule has 2 N–H and O–H groups in total. The molecule has 0 saturated carbocycles. The molecule has 1 fully saturated rings. The molecule has 2 atom stereocenters. The molecule has 9 heteroatoms. The number of hydrogen-bond donors (Lipinski definition) is 2. The van der Waals surface area contributed by atoms with Crippen molar-refractivity contribution in [1.82, 2.24) is 14.9 Å². The number of aryl methyl sites for hydroxylation is 2. The van der Waals surface area contributed by atoms with Crippen LogP contribution in [0.2, 0.25) is 0 Å². The highest BCUT2D eigenvalue weighted by Gasteiger charge is 2.38. The van der Waals surface area contributed by atoms with Crippen molar-refractivity contribution in [2.45, 2.75) is 50.4 Å². The van der Waals surface area contributed by atoms with Gasteiger partial charge in [-0.2, -0.15) is 13.2 Å². The molecule has 154 valence electrons. The number of aromatic nitrogens is 2. The van der Waals surface area contributed by atoms with Gasteiger partial charge in [-0.1, -0.05) is 0 Å². The SMILES string of the molecule is C[NH+](C)[C@@H]1CCN(CC(F)(F)F)[C@H](CNc2ncnc3sc4c(c23)CCC4)C1. The maximum Gasteiger partial charge on any atom is 0.401 e. The molecule has 3 heterocycles. The molecule has 0 aromatic carbocycles. The van der Waals surface area contributed by atoms with Gasteiger partial charge >= 0.3 is 6.18 Å². The monoisotopic (exact) mass is 414 g/mol. The molecule has 1 aliphatic heterocycles. The summed E-state index contributed by atoms with van der Waals surface area (Å²) >= 11 is 1.72. The molecule has 2 aromatic heterocycles. The van der Waals surface area contributed by atoms with Crippen LogP contribution in [0.5, 0.6) is 0 Å². The van der Waals surface area contributed by atoms with E-state index in [4.69, 9.17) is 0 Å². The van der Waals surface area contributed by atoms with Gasteiger partial charge < -0.3 is 10.2 Å². The molecule has 0 unspecified atom stereocenters. The molecule has 2 aromatic rings. The van der Waals surface area contributed by atoms with Gasteiger partial charge in [-0.25, -0.2) is 9.97 Å². The summed E-state index contributed by atoms with van der Waals surface area (Å²) in [4.78, 5) is 14.1. The summed E-state index contributed by atoms with van der Waals surface area (Å²) in [6.45, 7) is 0.104. The van der Waals surface area contributed by atoms with Crippen molar-refractivity contribution in [3.8, 4) is 0 Å². The second-order valence-corrected chi connectivity index (χ2v) is 9.26. The Morgan fingerprint density at radius 2 is 2.11 bits per heavy atom. The summed E-state index contributed by atoms with van der Waals surface area (Å²) in [5.74, 6) is 0.774. The molecule has 5 nitrogen and oxygen atoms in total. The molecule has 1 aliphatic carbocycles. The number of anilines is 1. The lowest BCUT2D eigenvalue weighted by molar-refractivity contribution is -0.887. The molecular weight excluding hydrogens is 387 g/mol. The lowest BCUT2D eigenvalue weighted by Crippen LogP contribution is -3.10. The summed E-state index contributed by atoms with van der Waals surface area (Å²) < 4.78 is 39.2. The van der Waals surface area contributed by atoms with Gasteiger partial charge in [0.2, 0.25) is 0 Å². The Hall–Kier alpha value is -1.45. The number of alkyl halides is 3. The molecular formula is C19H27F3N5S+. The van der Waals surface area contributed by atoms with E-state index in [-0.39, 0.29) is 6.04 Å². The van der Waals surface area contributed by atoms with Crippen LogP contribution in [-0.4, -0.2) is 66.9 Å². The molecule has 0 bridgehead atoms. The lowest BCUT2D eigenvalue weighted by Gasteiger charge is -2.40. The Bertz CT molecular complexity index is 835. The number of halogens is 3. The van der Waals surface area contributed by atoms with Gasteiger partial charge in [-0.05, 0) is 24.8 Å². The topological polar surface area (TPSA) is 45.5 Å². The average molecular weight is 415 g/mol. The second kappa shape index (κ2) is 7.76. The first kappa shape index (κ1) is 19.8. The predicted octanol–water partition coefficient (Wildman–Crippen LogP) is 2.13. The van der Waals surface area contributed by atoms with E-state index in [0.29, 0.717) is 19.1 Å². The van der Waals surface area contributed by atoms with Crippen LogP contribution < -0.4 is 10.2 Å². The Morgan fingerprint density at radius 3 is 2.86 bits per heavy atom. The van der Waals surface area contributed by atoms with Crippen molar-refractivity contribution in [2.75, 3.05) is 39.0 Å². The van der Waals surface area contributed by atoms with E-state index in [9.17, 15) is 13.2 Å². The number of piperidine rings is 1. The Balaban J connectivity index is 1.53. The third-order valence-corrected chi connectivity index (χ3v) is 7.24. The van der Waals surface area contributed by atoms with E-state index in [1.54, 1.807) is 22.6 Å². The minimum Gasteiger partial charge on any atom is -0.368 e. The standard InChI is InChI=1S/C19H26F3N5S/c1-26(2)12-6-7-27(10-19(20,21)22)13(8-12)9-23-17-16-14-4-3-5-15(14)28-18(16)25-11-24-17/h11-13H,3-10H2,1-2H3,(H,23,24,25)/p+1/t12-,13+/m1/s1. The Kier molecular flexibility index (Phi) is 5.50. The van der Waals surface area contributed by atoms with Gasteiger partial charge in [-0.3, -0.25) is 4.90 Å². The number of quaternary nitrogens is 1. The zero-order valence-electron chi connectivity index (χ0n) is 16.3. The van der Waals surface area contributed by atoms with Crippen molar-refractivity contribution < 1.29 is 18.1 Å². The molecule has 0 amide bonds. The van der Waals surface area contributed by atoms with Crippen molar-refractivity contribution in [3.05, 3.63) is 16.8 Å². The zero-order valence-corrected chi connectivity index (χ0v) is 17.1. The average Bonchev–Trinajstić information content (AvgIpc) is 3.20. The first-order valence-electron chi connectivity index (χ1n) is 9.92. The minimum atomic E-state index is -4.17. The van der Waals surface area contributed by atoms with Crippen LogP contribution >= 0.6 is 11.3 Å². The van der Waals surface area contributed by atoms with Crippen LogP contribution in [0.3, 0.4) is 0 Å². The minimum absolute atomic E-state index is 0.160. The third-order valence-electron chi connectivity index (χ3n) is 6.04. The normalized spacial score (nSPS) is 23.5. The van der Waals surface area contributed by atoms with E-state index >= 15 is 0 Å². The molecule has 28 heavy (non-hydrogen) atoms. The van der Waals surface area contributed by atoms with Crippen molar-refractivity contribution >= 4 is 27.4 Å². The van der Waals surface area contributed by atoms with E-state index in [1.165, 1.54) is 15.3 Å². The summed E-state index contributed by atoms with van der Waals surface area (Å²) in [6.07, 6.45) is 2.20. The highest BCUT2D eigenvalue weighted by atomic mass is 32.1. The molecule has 0 radical (unpaired) electrons. The number of nitrogens with zero attached hydrogens (tertiary/aromatic N) is 3. The Labute approximate surface area is 166 Å². The van der Waals surface area contributed by atoms with E-state index in [2.05, 4.69) is 29.4 Å². The van der Waals surface area contributed by atoms with Gasteiger partial charge in [0.15, 0.2) is 0 Å². The largest absolute Gasteiger partial charge is 0.401 e. The summed E-state index contributed by atoms with van der Waals surface area (Å²) in [7, 11) is 4.16. The van der Waals surface area contributed by atoms with Crippen LogP contribution in [0, 0.1) is 0 Å². The van der Waals surface area contributed by atoms with Gasteiger partial charge in [-0.15, -0.1) is 11.3 Å². The molecule has 1 saturated heterocycles. The number of thiophene rings is 1. The van der Waals surface area contributed by atoms with E-state index in [0.717, 1.165) is 48.1 Å². The number of likely N-dealkylation sites (tertiary alicyclic amines) is 1. The Morgan fingerprint density at radius 1 is 1.29 bits per heavy atom. The van der Waals surface area contributed by atoms with Crippen molar-refractivity contribution in [3.63, 3.8) is 0 Å². The third kappa shape index (κ3) is 4.11. The van der Waals surface area contributed by atoms with Gasteiger partial charge in [0.05, 0.1) is 32.1 Å². The van der Waals surface area contributed by atoms with Gasteiger partial charge in [0, 0.05) is 36.9 Å². The van der Waals surface area contributed by atoms with Crippen molar-refractivity contribution in [1.29, 1.82) is 0 Å². The zero-order chi connectivity index (χ0) is 19.9. The summed E-state index contributed by atoms with van der Waals surface area (Å²) in [5, 5.41) is 4.46. The molecule has 0 spiro atoms. The second-order valence-electron chi connectivity index (χ2n) is 8.18. The quantitative estimate of drug-likeness (QED) is 0.787. The number of nitrogens with one attached hydrogen (secondary N) is 2. The van der Waals surface area contributed by atoms with Crippen LogP contribution in [-0.2, 0) is 12.8 Å². The highest BCUT2D eigenvalue weighted by molar-refractivity contribution is 7.19. The first-order valence-corrected chi connectivity index (χ1v) is 10.7. The maximum atomic E-state index is 13.1. The van der Waals surface area contributed by atoms with Gasteiger partial charge in [0.25, 0.3) is 0 Å². The van der Waals surface area contributed by atoms with Crippen LogP contribution in [0.1, 0.15) is 29.7 Å². The fourth-order valence-electron chi connectivity index (χ4n) is 4.55. The van der Waals surface area contributed by atoms with E-state index < -0.39 is 12.7 Å².